The van der Waals surface area contributed by atoms with Gasteiger partial charge in [0.25, 0.3) is 0 Å². The average molecular weight is 426 g/mol. The largest absolute Gasteiger partial charge is 0.478 e. The fraction of sp³-hybridized carbons (Fsp3) is 0.154. The van der Waals surface area contributed by atoms with Crippen LogP contribution in [0.25, 0.3) is 22.0 Å². The second-order valence-electron chi connectivity index (χ2n) is 7.88. The third kappa shape index (κ3) is 3.60. The number of aromatic carboxylic acids is 1. The van der Waals surface area contributed by atoms with E-state index >= 15 is 0 Å². The van der Waals surface area contributed by atoms with Gasteiger partial charge in [-0.15, -0.1) is 0 Å². The van der Waals surface area contributed by atoms with E-state index in [2.05, 4.69) is 34.6 Å². The molecule has 1 amide bonds. The lowest BCUT2D eigenvalue weighted by Crippen LogP contribution is -2.28. The van der Waals surface area contributed by atoms with Crippen molar-refractivity contribution in [1.29, 1.82) is 0 Å². The van der Waals surface area contributed by atoms with Crippen LogP contribution in [0.2, 0.25) is 0 Å². The van der Waals surface area contributed by atoms with E-state index in [0.717, 1.165) is 16.5 Å². The molecular formula is C26H22N2O4. The molecule has 0 radical (unpaired) electrons. The Labute approximate surface area is 184 Å². The number of carbonyl (C=O) groups excluding carboxylic acids is 1. The Hall–Kier alpha value is -4.06. The Morgan fingerprint density at radius 2 is 1.66 bits per heavy atom. The molecule has 1 aliphatic rings. The van der Waals surface area contributed by atoms with Gasteiger partial charge in [-0.3, -0.25) is 0 Å². The Kier molecular flexibility index (Phi) is 5.11. The van der Waals surface area contributed by atoms with Crippen LogP contribution in [0, 0.1) is 0 Å². The van der Waals surface area contributed by atoms with Crippen LogP contribution in [0.5, 0.6) is 0 Å². The Morgan fingerprint density at radius 1 is 0.969 bits per heavy atom. The molecule has 3 N–H and O–H groups in total. The van der Waals surface area contributed by atoms with Crippen LogP contribution in [0.4, 0.5) is 4.79 Å². The van der Waals surface area contributed by atoms with Crippen molar-refractivity contribution in [2.45, 2.75) is 12.3 Å². The van der Waals surface area contributed by atoms with Gasteiger partial charge in [-0.05, 0) is 46.4 Å². The van der Waals surface area contributed by atoms with E-state index < -0.39 is 12.1 Å². The van der Waals surface area contributed by atoms with E-state index in [-0.39, 0.29) is 18.1 Å². The monoisotopic (exact) mass is 426 g/mol. The number of hydrogen-bond acceptors (Lipinski definition) is 3. The van der Waals surface area contributed by atoms with E-state index in [4.69, 9.17) is 9.84 Å². The summed E-state index contributed by atoms with van der Waals surface area (Å²) in [5.74, 6) is -0.926. The minimum Gasteiger partial charge on any atom is -0.478 e. The van der Waals surface area contributed by atoms with Crippen molar-refractivity contribution in [3.05, 3.63) is 95.2 Å². The van der Waals surface area contributed by atoms with Gasteiger partial charge in [0.15, 0.2) is 0 Å². The zero-order valence-electron chi connectivity index (χ0n) is 17.3. The molecule has 4 aromatic rings. The number of rotatable bonds is 6. The Morgan fingerprint density at radius 3 is 2.34 bits per heavy atom. The highest BCUT2D eigenvalue weighted by molar-refractivity contribution is 5.94. The molecule has 0 saturated carbocycles. The van der Waals surface area contributed by atoms with Crippen LogP contribution in [0.1, 0.15) is 33.0 Å². The number of carboxylic acids is 1. The fourth-order valence-corrected chi connectivity index (χ4v) is 4.47. The summed E-state index contributed by atoms with van der Waals surface area (Å²) in [5, 5.41) is 12.9. The number of fused-ring (bicyclic) bond motifs is 4. The number of carbonyl (C=O) groups is 2. The lowest BCUT2D eigenvalue weighted by atomic mass is 9.98. The molecule has 0 spiro atoms. The molecule has 160 valence electrons. The molecule has 1 aromatic heterocycles. The van der Waals surface area contributed by atoms with E-state index in [1.807, 2.05) is 30.5 Å². The highest BCUT2D eigenvalue weighted by atomic mass is 16.5. The summed E-state index contributed by atoms with van der Waals surface area (Å²) in [6.07, 6.45) is 2.01. The molecule has 5 rings (SSSR count). The van der Waals surface area contributed by atoms with Gasteiger partial charge >= 0.3 is 12.1 Å². The van der Waals surface area contributed by atoms with E-state index in [1.165, 1.54) is 22.3 Å². The van der Waals surface area contributed by atoms with Crippen molar-refractivity contribution in [3.8, 4) is 11.1 Å². The molecule has 0 aliphatic heterocycles. The van der Waals surface area contributed by atoms with E-state index in [1.54, 1.807) is 18.2 Å². The number of nitrogens with one attached hydrogen (secondary N) is 2. The molecule has 0 fully saturated rings. The average Bonchev–Trinajstić information content (AvgIpc) is 3.36. The van der Waals surface area contributed by atoms with Gasteiger partial charge in [0.05, 0.1) is 5.56 Å². The van der Waals surface area contributed by atoms with E-state index in [9.17, 15) is 9.59 Å². The SMILES string of the molecule is O=C(NCCc1c[nH]c2cc(C(=O)O)ccc12)OCC1c2ccccc2-c2ccccc21. The summed E-state index contributed by atoms with van der Waals surface area (Å²) >= 11 is 0. The lowest BCUT2D eigenvalue weighted by molar-refractivity contribution is 0.0697. The predicted molar refractivity (Wildman–Crippen MR) is 122 cm³/mol. The summed E-state index contributed by atoms with van der Waals surface area (Å²) in [6.45, 7) is 0.704. The van der Waals surface area contributed by atoms with Crippen molar-refractivity contribution < 1.29 is 19.4 Å². The first kappa shape index (κ1) is 19.9. The second-order valence-corrected chi connectivity index (χ2v) is 7.88. The minimum atomic E-state index is -0.958. The summed E-state index contributed by atoms with van der Waals surface area (Å²) in [7, 11) is 0. The Balaban J connectivity index is 1.19. The standard InChI is InChI=1S/C26H22N2O4/c29-25(30)16-9-10-18-17(14-28-24(18)13-16)11-12-27-26(31)32-15-23-21-7-3-1-5-19(21)20-6-2-4-8-22(20)23/h1-10,13-14,23,28H,11-12,15H2,(H,27,31)(H,29,30). The number of H-pyrrole nitrogens is 1. The maximum absolute atomic E-state index is 12.3. The molecule has 0 bridgehead atoms. The van der Waals surface area contributed by atoms with Gasteiger partial charge in [-0.1, -0.05) is 54.6 Å². The third-order valence-corrected chi connectivity index (χ3v) is 6.02. The van der Waals surface area contributed by atoms with Gasteiger partial charge in [-0.2, -0.15) is 0 Å². The van der Waals surface area contributed by atoms with Crippen LogP contribution in [-0.2, 0) is 11.2 Å². The number of alkyl carbamates (subject to hydrolysis) is 1. The van der Waals surface area contributed by atoms with Gasteiger partial charge in [0.1, 0.15) is 6.61 Å². The molecule has 6 heteroatoms. The Bertz CT molecular complexity index is 1280. The normalized spacial score (nSPS) is 12.4. The number of hydrogen-bond donors (Lipinski definition) is 3. The summed E-state index contributed by atoms with van der Waals surface area (Å²) in [5.41, 5.74) is 6.77. The van der Waals surface area contributed by atoms with Crippen LogP contribution >= 0.6 is 0 Å². The molecule has 0 saturated heterocycles. The van der Waals surface area contributed by atoms with Crippen LogP contribution in [0.3, 0.4) is 0 Å². The number of carboxylic acid groups (broad SMARTS) is 1. The summed E-state index contributed by atoms with van der Waals surface area (Å²) < 4.78 is 5.57. The highest BCUT2D eigenvalue weighted by Gasteiger charge is 2.28. The highest BCUT2D eigenvalue weighted by Crippen LogP contribution is 2.44. The number of benzene rings is 3. The molecule has 1 aliphatic carbocycles. The lowest BCUT2D eigenvalue weighted by Gasteiger charge is -2.14. The van der Waals surface area contributed by atoms with Crippen molar-refractivity contribution in [2.75, 3.05) is 13.2 Å². The molecule has 0 atom stereocenters. The maximum Gasteiger partial charge on any atom is 0.407 e. The summed E-state index contributed by atoms with van der Waals surface area (Å²) in [6, 6.07) is 21.5. The molecule has 32 heavy (non-hydrogen) atoms. The van der Waals surface area contributed by atoms with Crippen molar-refractivity contribution >= 4 is 23.0 Å². The van der Waals surface area contributed by atoms with Crippen molar-refractivity contribution in [3.63, 3.8) is 0 Å². The third-order valence-electron chi connectivity index (χ3n) is 6.02. The molecule has 3 aromatic carbocycles. The zero-order valence-corrected chi connectivity index (χ0v) is 17.3. The van der Waals surface area contributed by atoms with Crippen LogP contribution in [0.15, 0.2) is 72.9 Å². The second kappa shape index (κ2) is 8.23. The quantitative estimate of drug-likeness (QED) is 0.407. The van der Waals surface area contributed by atoms with Gasteiger partial charge < -0.3 is 20.1 Å². The predicted octanol–water partition coefficient (Wildman–Crippen LogP) is 4.95. The van der Waals surface area contributed by atoms with Gasteiger partial charge in [0.2, 0.25) is 0 Å². The number of ether oxygens (including phenoxy) is 1. The van der Waals surface area contributed by atoms with Crippen molar-refractivity contribution in [1.82, 2.24) is 10.3 Å². The smallest absolute Gasteiger partial charge is 0.407 e. The fourth-order valence-electron chi connectivity index (χ4n) is 4.47. The number of amides is 1. The number of aromatic amines is 1. The van der Waals surface area contributed by atoms with E-state index in [0.29, 0.717) is 13.0 Å². The van der Waals surface area contributed by atoms with Gasteiger partial charge in [0, 0.05) is 29.6 Å². The van der Waals surface area contributed by atoms with Gasteiger partial charge in [-0.25, -0.2) is 9.59 Å². The molecule has 1 heterocycles. The first-order valence-electron chi connectivity index (χ1n) is 10.5. The zero-order chi connectivity index (χ0) is 22.1. The van der Waals surface area contributed by atoms with Crippen molar-refractivity contribution in [2.24, 2.45) is 0 Å². The first-order chi connectivity index (χ1) is 15.6. The summed E-state index contributed by atoms with van der Waals surface area (Å²) in [4.78, 5) is 26.5. The molecular weight excluding hydrogens is 404 g/mol. The van der Waals surface area contributed by atoms with Crippen LogP contribution < -0.4 is 5.32 Å². The molecule has 0 unspecified atom stereocenters. The first-order valence-corrected chi connectivity index (χ1v) is 10.5. The maximum atomic E-state index is 12.3. The topological polar surface area (TPSA) is 91.4 Å². The number of aromatic nitrogens is 1. The minimum absolute atomic E-state index is 0.0326. The molecule has 6 nitrogen and oxygen atoms in total. The van der Waals surface area contributed by atoms with Crippen LogP contribution in [-0.4, -0.2) is 35.3 Å².